The molecule has 1 N–H and O–H groups in total. The van der Waals surface area contributed by atoms with Gasteiger partial charge >= 0.3 is 0 Å². The first-order chi connectivity index (χ1) is 13.2. The van der Waals surface area contributed by atoms with Gasteiger partial charge in [0.2, 0.25) is 10.0 Å². The van der Waals surface area contributed by atoms with Crippen LogP contribution in [0.1, 0.15) is 28.8 Å². The molecule has 2 aromatic rings. The summed E-state index contributed by atoms with van der Waals surface area (Å²) in [7, 11) is -3.93. The van der Waals surface area contributed by atoms with Gasteiger partial charge in [0.1, 0.15) is 0 Å². The molecule has 148 valence electrons. The van der Waals surface area contributed by atoms with Crippen molar-refractivity contribution in [3.05, 3.63) is 68.7 Å². The van der Waals surface area contributed by atoms with Gasteiger partial charge in [-0.15, -0.1) is 0 Å². The number of likely N-dealkylation sites (tertiary alicyclic amines) is 1. The molecule has 0 atom stereocenters. The van der Waals surface area contributed by atoms with E-state index in [4.69, 9.17) is 11.6 Å². The van der Waals surface area contributed by atoms with Crippen molar-refractivity contribution in [1.29, 1.82) is 0 Å². The number of anilines is 1. The van der Waals surface area contributed by atoms with Crippen LogP contribution in [0.2, 0.25) is 5.02 Å². The molecule has 28 heavy (non-hydrogen) atoms. The Morgan fingerprint density at radius 3 is 2.57 bits per heavy atom. The monoisotopic (exact) mass is 423 g/mol. The number of nitro benzene ring substituents is 1. The van der Waals surface area contributed by atoms with E-state index in [2.05, 4.69) is 4.72 Å². The molecule has 0 spiro atoms. The number of carbonyl (C=O) groups is 1. The van der Waals surface area contributed by atoms with Crippen molar-refractivity contribution in [3.8, 4) is 0 Å². The molecule has 8 nitrogen and oxygen atoms in total. The van der Waals surface area contributed by atoms with E-state index in [0.29, 0.717) is 13.1 Å². The van der Waals surface area contributed by atoms with Crippen molar-refractivity contribution in [2.75, 3.05) is 17.8 Å². The number of benzene rings is 2. The van der Waals surface area contributed by atoms with Gasteiger partial charge in [-0.1, -0.05) is 23.7 Å². The average Bonchev–Trinajstić information content (AvgIpc) is 3.15. The second kappa shape index (κ2) is 8.15. The molecule has 0 bridgehead atoms. The summed E-state index contributed by atoms with van der Waals surface area (Å²) in [5.74, 6) is -0.736. The Hall–Kier alpha value is -2.65. The minimum Gasteiger partial charge on any atom is -0.339 e. The van der Waals surface area contributed by atoms with E-state index >= 15 is 0 Å². The van der Waals surface area contributed by atoms with Crippen LogP contribution in [0.15, 0.2) is 42.5 Å². The summed E-state index contributed by atoms with van der Waals surface area (Å²) in [5.41, 5.74) is 0.375. The lowest BCUT2D eigenvalue weighted by atomic mass is 10.1. The third-order valence-corrected chi connectivity index (χ3v) is 5.83. The van der Waals surface area contributed by atoms with Gasteiger partial charge in [0.05, 0.1) is 21.9 Å². The number of nitrogens with zero attached hydrogens (tertiary/aromatic N) is 2. The van der Waals surface area contributed by atoms with E-state index in [1.807, 2.05) is 0 Å². The topological polar surface area (TPSA) is 110 Å². The van der Waals surface area contributed by atoms with Crippen LogP contribution in [0.4, 0.5) is 11.4 Å². The average molecular weight is 424 g/mol. The first kappa shape index (κ1) is 20.1. The van der Waals surface area contributed by atoms with Crippen LogP contribution in [0, 0.1) is 10.1 Å². The number of hydrogen-bond acceptors (Lipinski definition) is 5. The van der Waals surface area contributed by atoms with Crippen LogP contribution in [-0.2, 0) is 15.8 Å². The van der Waals surface area contributed by atoms with Crippen molar-refractivity contribution < 1.29 is 18.1 Å². The molecule has 1 aliphatic rings. The summed E-state index contributed by atoms with van der Waals surface area (Å²) in [4.78, 5) is 24.7. The zero-order valence-corrected chi connectivity index (χ0v) is 16.4. The molecule has 0 radical (unpaired) electrons. The first-order valence-electron chi connectivity index (χ1n) is 8.58. The summed E-state index contributed by atoms with van der Waals surface area (Å²) >= 11 is 5.99. The number of halogens is 1. The Morgan fingerprint density at radius 1 is 1.18 bits per heavy atom. The van der Waals surface area contributed by atoms with Crippen molar-refractivity contribution in [3.63, 3.8) is 0 Å². The van der Waals surface area contributed by atoms with Crippen molar-refractivity contribution in [2.45, 2.75) is 18.6 Å². The number of non-ortho nitro benzene ring substituents is 1. The smallest absolute Gasteiger partial charge is 0.269 e. The maximum absolute atomic E-state index is 12.7. The summed E-state index contributed by atoms with van der Waals surface area (Å²) in [6.07, 6.45) is 1.82. The lowest BCUT2D eigenvalue weighted by Crippen LogP contribution is -2.29. The quantitative estimate of drug-likeness (QED) is 0.565. The second-order valence-corrected chi connectivity index (χ2v) is 8.64. The van der Waals surface area contributed by atoms with Crippen molar-refractivity contribution >= 4 is 38.9 Å². The van der Waals surface area contributed by atoms with Crippen molar-refractivity contribution in [1.82, 2.24) is 4.90 Å². The van der Waals surface area contributed by atoms with E-state index < -0.39 is 20.7 Å². The van der Waals surface area contributed by atoms with Gasteiger partial charge in [0, 0.05) is 30.2 Å². The Balaban J connectivity index is 1.85. The molecule has 10 heteroatoms. The zero-order valence-electron chi connectivity index (χ0n) is 14.8. The fourth-order valence-electron chi connectivity index (χ4n) is 3.06. The van der Waals surface area contributed by atoms with E-state index in [1.54, 1.807) is 4.90 Å². The maximum atomic E-state index is 12.7. The van der Waals surface area contributed by atoms with E-state index in [0.717, 1.165) is 12.8 Å². The Kier molecular flexibility index (Phi) is 5.85. The zero-order chi connectivity index (χ0) is 20.3. The van der Waals surface area contributed by atoms with Gasteiger partial charge in [-0.3, -0.25) is 19.6 Å². The van der Waals surface area contributed by atoms with Crippen LogP contribution in [0.3, 0.4) is 0 Å². The van der Waals surface area contributed by atoms with E-state index in [-0.39, 0.29) is 33.4 Å². The second-order valence-electron chi connectivity index (χ2n) is 6.48. The highest BCUT2D eigenvalue weighted by Gasteiger charge is 2.24. The molecule has 2 aromatic carbocycles. The lowest BCUT2D eigenvalue weighted by Gasteiger charge is -2.18. The Labute approximate surface area is 167 Å². The third-order valence-electron chi connectivity index (χ3n) is 4.35. The largest absolute Gasteiger partial charge is 0.339 e. The number of amides is 1. The third kappa shape index (κ3) is 4.79. The maximum Gasteiger partial charge on any atom is 0.269 e. The lowest BCUT2D eigenvalue weighted by molar-refractivity contribution is -0.384. The number of nitrogens with one attached hydrogen (secondary N) is 1. The summed E-state index contributed by atoms with van der Waals surface area (Å²) in [6, 6.07) is 9.80. The summed E-state index contributed by atoms with van der Waals surface area (Å²) in [5, 5.41) is 11.2. The highest BCUT2D eigenvalue weighted by Crippen LogP contribution is 2.26. The van der Waals surface area contributed by atoms with Gasteiger partial charge in [-0.2, -0.15) is 0 Å². The summed E-state index contributed by atoms with van der Waals surface area (Å²) in [6.45, 7) is 1.25. The molecule has 0 unspecified atom stereocenters. The number of carbonyl (C=O) groups excluding carboxylic acids is 1. The van der Waals surface area contributed by atoms with Gasteiger partial charge in [0.25, 0.3) is 11.6 Å². The van der Waals surface area contributed by atoms with Gasteiger partial charge in [-0.05, 0) is 36.6 Å². The fourth-order valence-corrected chi connectivity index (χ4v) is 4.43. The number of sulfonamides is 1. The molecule has 1 amide bonds. The molecular formula is C18H18ClN3O5S. The van der Waals surface area contributed by atoms with Gasteiger partial charge in [0.15, 0.2) is 0 Å². The van der Waals surface area contributed by atoms with Crippen LogP contribution >= 0.6 is 11.6 Å². The molecular weight excluding hydrogens is 406 g/mol. The molecule has 1 aliphatic heterocycles. The molecule has 1 fully saturated rings. The Bertz CT molecular complexity index is 1020. The van der Waals surface area contributed by atoms with Crippen molar-refractivity contribution in [2.24, 2.45) is 0 Å². The van der Waals surface area contributed by atoms with E-state index in [9.17, 15) is 23.3 Å². The molecule has 0 aromatic heterocycles. The molecule has 3 rings (SSSR count). The Morgan fingerprint density at radius 2 is 1.89 bits per heavy atom. The molecule has 0 saturated carbocycles. The first-order valence-corrected chi connectivity index (χ1v) is 10.6. The predicted molar refractivity (Wildman–Crippen MR) is 106 cm³/mol. The number of rotatable bonds is 6. The standard InChI is InChI=1S/C18H18ClN3O5S/c19-14-6-7-16(18(23)21-8-1-2-9-21)17(11-14)20-28(26,27)12-13-4-3-5-15(10-13)22(24)25/h3-7,10-11,20H,1-2,8-9,12H2. The normalized spacial score (nSPS) is 14.1. The summed E-state index contributed by atoms with van der Waals surface area (Å²) < 4.78 is 27.6. The van der Waals surface area contributed by atoms with Crippen LogP contribution in [0.25, 0.3) is 0 Å². The highest BCUT2D eigenvalue weighted by atomic mass is 35.5. The molecule has 1 heterocycles. The SMILES string of the molecule is O=C(c1ccc(Cl)cc1NS(=O)(=O)Cc1cccc([N+](=O)[O-])c1)N1CCCC1. The number of nitro groups is 1. The minimum absolute atomic E-state index is 0.0924. The fraction of sp³-hybridized carbons (Fsp3) is 0.278. The highest BCUT2D eigenvalue weighted by molar-refractivity contribution is 7.91. The predicted octanol–water partition coefficient (Wildman–Crippen LogP) is 3.43. The minimum atomic E-state index is -3.93. The van der Waals surface area contributed by atoms with Crippen LogP contribution in [-0.4, -0.2) is 37.2 Å². The van der Waals surface area contributed by atoms with E-state index in [1.165, 1.54) is 42.5 Å². The van der Waals surface area contributed by atoms with Gasteiger partial charge in [-0.25, -0.2) is 8.42 Å². The molecule has 1 saturated heterocycles. The van der Waals surface area contributed by atoms with Crippen LogP contribution < -0.4 is 4.72 Å². The molecule has 0 aliphatic carbocycles. The number of hydrogen-bond donors (Lipinski definition) is 1. The van der Waals surface area contributed by atoms with Crippen LogP contribution in [0.5, 0.6) is 0 Å². The van der Waals surface area contributed by atoms with Gasteiger partial charge < -0.3 is 4.90 Å².